The van der Waals surface area contributed by atoms with Gasteiger partial charge >= 0.3 is 0 Å². The van der Waals surface area contributed by atoms with Crippen LogP contribution in [0, 0.1) is 5.92 Å². The number of carbonyl (C=O) groups excluding carboxylic acids is 1. The molecule has 0 saturated carbocycles. The molecule has 4 rings (SSSR count). The van der Waals surface area contributed by atoms with E-state index in [0.717, 1.165) is 5.56 Å². The van der Waals surface area contributed by atoms with Gasteiger partial charge in [0.15, 0.2) is 11.5 Å². The number of anilines is 1. The number of methoxy groups -OCH3 is 1. The lowest BCUT2D eigenvalue weighted by molar-refractivity contribution is -0.120. The topological polar surface area (TPSA) is 94.2 Å². The highest BCUT2D eigenvalue weighted by atomic mass is 32.2. The lowest BCUT2D eigenvalue weighted by Crippen LogP contribution is -2.43. The van der Waals surface area contributed by atoms with Crippen LogP contribution in [0.25, 0.3) is 0 Å². The van der Waals surface area contributed by atoms with Crippen molar-refractivity contribution in [2.45, 2.75) is 37.5 Å². The van der Waals surface area contributed by atoms with Gasteiger partial charge in [-0.05, 0) is 48.6 Å². The molecule has 9 heteroatoms. The van der Waals surface area contributed by atoms with Crippen LogP contribution in [0.2, 0.25) is 0 Å². The lowest BCUT2D eigenvalue weighted by Gasteiger charge is -2.31. The number of nitrogens with zero attached hydrogens (tertiary/aromatic N) is 1. The molecular formula is C24H30N2O6S. The van der Waals surface area contributed by atoms with Crippen molar-refractivity contribution in [3.8, 4) is 17.2 Å². The molecule has 8 nitrogen and oxygen atoms in total. The monoisotopic (exact) mass is 474 g/mol. The number of hydrogen-bond donors (Lipinski definition) is 1. The van der Waals surface area contributed by atoms with Gasteiger partial charge in [-0.25, -0.2) is 8.42 Å². The fraction of sp³-hybridized carbons (Fsp3) is 0.458. The molecule has 1 amide bonds. The Kier molecular flexibility index (Phi) is 6.81. The van der Waals surface area contributed by atoms with E-state index in [1.807, 2.05) is 19.9 Å². The number of amides is 1. The maximum atomic E-state index is 13.5. The van der Waals surface area contributed by atoms with Gasteiger partial charge in [0.2, 0.25) is 15.9 Å². The smallest absolute Gasteiger partial charge is 0.246 e. The molecule has 1 saturated heterocycles. The van der Waals surface area contributed by atoms with Gasteiger partial charge in [-0.3, -0.25) is 4.79 Å². The van der Waals surface area contributed by atoms with Gasteiger partial charge in [0, 0.05) is 24.8 Å². The van der Waals surface area contributed by atoms with Gasteiger partial charge < -0.3 is 19.5 Å². The van der Waals surface area contributed by atoms with Crippen molar-refractivity contribution < 1.29 is 27.4 Å². The van der Waals surface area contributed by atoms with Crippen LogP contribution in [0.5, 0.6) is 17.2 Å². The largest absolute Gasteiger partial charge is 0.495 e. The van der Waals surface area contributed by atoms with Gasteiger partial charge in [-0.1, -0.05) is 19.9 Å². The first kappa shape index (κ1) is 23.4. The fourth-order valence-corrected chi connectivity index (χ4v) is 5.85. The van der Waals surface area contributed by atoms with Crippen LogP contribution in [0.15, 0.2) is 41.3 Å². The number of carbonyl (C=O) groups is 1. The average Bonchev–Trinajstić information content (AvgIpc) is 2.83. The first-order chi connectivity index (χ1) is 15.8. The SMILES string of the molecule is COc1ccc(C(C)C)cc1S(=O)(=O)N1CCC[C@@H](C(=O)Nc2ccc3c(c2)OCCO3)C1. The fourth-order valence-electron chi connectivity index (χ4n) is 4.13. The molecule has 1 atom stereocenters. The second kappa shape index (κ2) is 9.61. The number of sulfonamides is 1. The summed E-state index contributed by atoms with van der Waals surface area (Å²) in [5, 5.41) is 2.90. The van der Waals surface area contributed by atoms with Crippen LogP contribution < -0.4 is 19.5 Å². The Labute approximate surface area is 194 Å². The first-order valence-electron chi connectivity index (χ1n) is 11.2. The van der Waals surface area contributed by atoms with Crippen molar-refractivity contribution in [2.24, 2.45) is 5.92 Å². The van der Waals surface area contributed by atoms with Crippen LogP contribution in [0.4, 0.5) is 5.69 Å². The minimum atomic E-state index is -3.82. The molecule has 33 heavy (non-hydrogen) atoms. The molecule has 2 heterocycles. The molecule has 0 aliphatic carbocycles. The lowest BCUT2D eigenvalue weighted by atomic mass is 9.98. The normalized spacial score (nSPS) is 18.7. The van der Waals surface area contributed by atoms with Crippen LogP contribution >= 0.6 is 0 Å². The number of rotatable bonds is 6. The average molecular weight is 475 g/mol. The molecule has 178 valence electrons. The van der Waals surface area contributed by atoms with Gasteiger partial charge in [-0.15, -0.1) is 0 Å². The Balaban J connectivity index is 1.51. The van der Waals surface area contributed by atoms with Crippen molar-refractivity contribution in [2.75, 3.05) is 38.7 Å². The van der Waals surface area contributed by atoms with Crippen molar-refractivity contribution >= 4 is 21.6 Å². The van der Waals surface area contributed by atoms with Crippen molar-refractivity contribution in [1.82, 2.24) is 4.31 Å². The van der Waals surface area contributed by atoms with Gasteiger partial charge in [0.05, 0.1) is 13.0 Å². The predicted molar refractivity (Wildman–Crippen MR) is 125 cm³/mol. The Bertz CT molecular complexity index is 1130. The molecule has 2 aromatic carbocycles. The highest BCUT2D eigenvalue weighted by Crippen LogP contribution is 2.34. The number of hydrogen-bond acceptors (Lipinski definition) is 6. The molecule has 0 aromatic heterocycles. The van der Waals surface area contributed by atoms with Crippen LogP contribution in [-0.2, 0) is 14.8 Å². The van der Waals surface area contributed by atoms with Crippen LogP contribution in [-0.4, -0.2) is 52.0 Å². The molecule has 0 radical (unpaired) electrons. The van der Waals surface area contributed by atoms with E-state index in [2.05, 4.69) is 5.32 Å². The highest BCUT2D eigenvalue weighted by Gasteiger charge is 2.35. The molecule has 0 unspecified atom stereocenters. The second-order valence-electron chi connectivity index (χ2n) is 8.61. The molecule has 2 aliphatic rings. The zero-order valence-corrected chi connectivity index (χ0v) is 20.0. The number of piperidine rings is 1. The zero-order chi connectivity index (χ0) is 23.6. The molecule has 1 fully saturated rings. The van der Waals surface area contributed by atoms with E-state index in [0.29, 0.717) is 55.5 Å². The third-order valence-electron chi connectivity index (χ3n) is 6.04. The summed E-state index contributed by atoms with van der Waals surface area (Å²) >= 11 is 0. The van der Waals surface area contributed by atoms with E-state index >= 15 is 0 Å². The van der Waals surface area contributed by atoms with E-state index in [4.69, 9.17) is 14.2 Å². The van der Waals surface area contributed by atoms with Crippen LogP contribution in [0.3, 0.4) is 0 Å². The Morgan fingerprint density at radius 1 is 1.12 bits per heavy atom. The summed E-state index contributed by atoms with van der Waals surface area (Å²) in [4.78, 5) is 13.1. The number of benzene rings is 2. The quantitative estimate of drug-likeness (QED) is 0.687. The van der Waals surface area contributed by atoms with Crippen LogP contribution in [0.1, 0.15) is 38.2 Å². The van der Waals surface area contributed by atoms with Crippen molar-refractivity contribution in [3.05, 3.63) is 42.0 Å². The molecular weight excluding hydrogens is 444 g/mol. The van der Waals surface area contributed by atoms with Crippen molar-refractivity contribution in [1.29, 1.82) is 0 Å². The molecule has 0 bridgehead atoms. The summed E-state index contributed by atoms with van der Waals surface area (Å²) in [7, 11) is -2.36. The van der Waals surface area contributed by atoms with E-state index < -0.39 is 15.9 Å². The third-order valence-corrected chi connectivity index (χ3v) is 7.92. The highest BCUT2D eigenvalue weighted by molar-refractivity contribution is 7.89. The summed E-state index contributed by atoms with van der Waals surface area (Å²) in [5.74, 6) is 1.05. The van der Waals surface area contributed by atoms with Gasteiger partial charge in [0.25, 0.3) is 0 Å². The summed E-state index contributed by atoms with van der Waals surface area (Å²) < 4.78 is 44.9. The minimum Gasteiger partial charge on any atom is -0.495 e. The number of nitrogens with one attached hydrogen (secondary N) is 1. The predicted octanol–water partition coefficient (Wildman–Crippen LogP) is 3.63. The molecule has 0 spiro atoms. The van der Waals surface area contributed by atoms with Crippen molar-refractivity contribution in [3.63, 3.8) is 0 Å². The summed E-state index contributed by atoms with van der Waals surface area (Å²) in [5.41, 5.74) is 1.51. The standard InChI is InChI=1S/C24H30N2O6S/c1-16(2)17-6-8-21(30-3)23(13-17)33(28,29)26-10-4-5-18(15-26)24(27)25-19-7-9-20-22(14-19)32-12-11-31-20/h6-9,13-14,16,18H,4-5,10-12,15H2,1-3H3,(H,25,27)/t18-/m1/s1. The van der Waals surface area contributed by atoms with E-state index in [9.17, 15) is 13.2 Å². The Morgan fingerprint density at radius 3 is 2.61 bits per heavy atom. The molecule has 2 aromatic rings. The van der Waals surface area contributed by atoms with E-state index in [1.54, 1.807) is 30.3 Å². The molecule has 2 aliphatic heterocycles. The first-order valence-corrected chi connectivity index (χ1v) is 12.6. The summed E-state index contributed by atoms with van der Waals surface area (Å²) in [6.45, 7) is 5.46. The Hall–Kier alpha value is -2.78. The van der Waals surface area contributed by atoms with E-state index in [1.165, 1.54) is 11.4 Å². The summed E-state index contributed by atoms with van der Waals surface area (Å²) in [6.07, 6.45) is 1.22. The van der Waals surface area contributed by atoms with Gasteiger partial charge in [0.1, 0.15) is 23.9 Å². The third kappa shape index (κ3) is 4.94. The minimum absolute atomic E-state index is 0.119. The van der Waals surface area contributed by atoms with Gasteiger partial charge in [-0.2, -0.15) is 4.31 Å². The van der Waals surface area contributed by atoms with E-state index in [-0.39, 0.29) is 23.3 Å². The maximum Gasteiger partial charge on any atom is 0.246 e. The summed E-state index contributed by atoms with van der Waals surface area (Å²) in [6, 6.07) is 10.5. The Morgan fingerprint density at radius 2 is 1.88 bits per heavy atom. The maximum absolute atomic E-state index is 13.5. The molecule has 1 N–H and O–H groups in total. The zero-order valence-electron chi connectivity index (χ0n) is 19.2. The number of fused-ring (bicyclic) bond motifs is 1. The number of ether oxygens (including phenoxy) is 3. The second-order valence-corrected chi connectivity index (χ2v) is 10.5.